The Morgan fingerprint density at radius 1 is 0.476 bits per heavy atom. The first kappa shape index (κ1) is 31.5. The zero-order chi connectivity index (χ0) is 30.9. The minimum Gasteiger partial charge on any atom is -0.508 e. The normalized spacial score (nSPS) is 11.0. The summed E-state index contributed by atoms with van der Waals surface area (Å²) in [6.07, 6.45) is -1.47. The van der Waals surface area contributed by atoms with Crippen LogP contribution >= 0.6 is 0 Å². The number of aromatic hydroxyl groups is 2. The van der Waals surface area contributed by atoms with Crippen LogP contribution in [0.2, 0.25) is 0 Å². The third-order valence-corrected chi connectivity index (χ3v) is 7.07. The maximum Gasteiger partial charge on any atom is 0.513 e. The van der Waals surface area contributed by atoms with Gasteiger partial charge in [0.2, 0.25) is 0 Å². The van der Waals surface area contributed by atoms with E-state index in [1.807, 2.05) is 48.5 Å². The van der Waals surface area contributed by atoms with Crippen molar-refractivity contribution < 1.29 is 38.7 Å². The third kappa shape index (κ3) is 8.04. The zero-order valence-electron chi connectivity index (χ0n) is 24.6. The van der Waals surface area contributed by atoms with E-state index >= 15 is 0 Å². The summed E-state index contributed by atoms with van der Waals surface area (Å²) in [5.41, 5.74) is 3.87. The van der Waals surface area contributed by atoms with Gasteiger partial charge in [0.1, 0.15) is 23.0 Å². The van der Waals surface area contributed by atoms with Crippen LogP contribution in [0, 0.1) is 0 Å². The molecule has 0 spiro atoms. The Morgan fingerprint density at radius 2 is 0.714 bits per heavy atom. The number of hydrogen-bond acceptors (Lipinski definition) is 8. The van der Waals surface area contributed by atoms with Crippen LogP contribution < -0.4 is 9.47 Å². The van der Waals surface area contributed by atoms with E-state index in [-0.39, 0.29) is 22.3 Å². The molecule has 0 radical (unpaired) electrons. The Kier molecular flexibility index (Phi) is 10.2. The Bertz CT molecular complexity index is 1340. The largest absolute Gasteiger partial charge is 0.513 e. The second-order valence-electron chi connectivity index (χ2n) is 10.5. The lowest BCUT2D eigenvalue weighted by Gasteiger charge is -2.26. The molecule has 0 saturated carbocycles. The Hall–Kier alpha value is -4.98. The van der Waals surface area contributed by atoms with Crippen LogP contribution in [-0.2, 0) is 20.3 Å². The fraction of sp³-hybridized carbons (Fsp3) is 0.235. The van der Waals surface area contributed by atoms with Crippen molar-refractivity contribution in [2.75, 3.05) is 14.2 Å². The number of carbonyl (C=O) groups excluding carboxylic acids is 2. The van der Waals surface area contributed by atoms with Crippen LogP contribution in [0.5, 0.6) is 23.0 Å². The number of methoxy groups -OCH3 is 2. The molecule has 8 nitrogen and oxygen atoms in total. The van der Waals surface area contributed by atoms with E-state index in [0.717, 1.165) is 22.3 Å². The van der Waals surface area contributed by atoms with Crippen molar-refractivity contribution in [2.24, 2.45) is 0 Å². The van der Waals surface area contributed by atoms with Gasteiger partial charge in [0.05, 0.1) is 14.2 Å². The minimum absolute atomic E-state index is 0.225. The summed E-state index contributed by atoms with van der Waals surface area (Å²) in [5.74, 6) is 1.37. The van der Waals surface area contributed by atoms with Gasteiger partial charge in [0, 0.05) is 10.8 Å². The van der Waals surface area contributed by atoms with E-state index in [9.17, 15) is 19.8 Å². The highest BCUT2D eigenvalue weighted by Gasteiger charge is 2.24. The maximum atomic E-state index is 11.0. The molecule has 4 aromatic rings. The van der Waals surface area contributed by atoms with Crippen molar-refractivity contribution >= 4 is 12.3 Å². The van der Waals surface area contributed by atoms with Crippen molar-refractivity contribution in [2.45, 2.75) is 38.5 Å². The summed E-state index contributed by atoms with van der Waals surface area (Å²) in [7, 11) is 2.54. The molecule has 42 heavy (non-hydrogen) atoms. The van der Waals surface area contributed by atoms with Crippen LogP contribution in [-0.4, -0.2) is 36.7 Å². The minimum atomic E-state index is -0.736. The SMILES string of the molecule is COC(=O)Oc1ccc(C(C)(C)c2ccc(O)cc2)cc1.COC(=O)Oc1ccc(C(C)(C)c2ccc(O)cc2)cc1. The first-order valence-corrected chi connectivity index (χ1v) is 13.2. The van der Waals surface area contributed by atoms with E-state index in [0.29, 0.717) is 11.5 Å². The van der Waals surface area contributed by atoms with Crippen LogP contribution in [0.4, 0.5) is 9.59 Å². The van der Waals surface area contributed by atoms with Gasteiger partial charge in [0.15, 0.2) is 0 Å². The second kappa shape index (κ2) is 13.6. The van der Waals surface area contributed by atoms with Crippen molar-refractivity contribution in [1.82, 2.24) is 0 Å². The molecule has 0 heterocycles. The highest BCUT2D eigenvalue weighted by molar-refractivity contribution is 5.64. The van der Waals surface area contributed by atoms with Crippen molar-refractivity contribution in [3.63, 3.8) is 0 Å². The summed E-state index contributed by atoms with van der Waals surface area (Å²) in [6.45, 7) is 8.37. The van der Waals surface area contributed by atoms with E-state index in [4.69, 9.17) is 9.47 Å². The highest BCUT2D eigenvalue weighted by atomic mass is 16.7. The maximum absolute atomic E-state index is 11.0. The summed E-state index contributed by atoms with van der Waals surface area (Å²) in [4.78, 5) is 22.1. The van der Waals surface area contributed by atoms with Crippen molar-refractivity contribution in [3.05, 3.63) is 119 Å². The number of ether oxygens (including phenoxy) is 4. The molecule has 220 valence electrons. The first-order chi connectivity index (χ1) is 19.9. The summed E-state index contributed by atoms with van der Waals surface area (Å²) in [5, 5.41) is 18.8. The van der Waals surface area contributed by atoms with E-state index in [2.05, 4.69) is 37.2 Å². The molecule has 0 amide bonds. The lowest BCUT2D eigenvalue weighted by atomic mass is 9.78. The standard InChI is InChI=1S/2C17H18O4/c2*1-17(2,12-4-8-14(18)9-5-12)13-6-10-15(11-7-13)21-16(19)20-3/h2*4-11,18H,1-3H3. The summed E-state index contributed by atoms with van der Waals surface area (Å²) < 4.78 is 18.8. The van der Waals surface area contributed by atoms with Crippen molar-refractivity contribution in [3.8, 4) is 23.0 Å². The van der Waals surface area contributed by atoms with Gasteiger partial charge in [-0.05, 0) is 70.8 Å². The molecular weight excluding hydrogens is 536 g/mol. The van der Waals surface area contributed by atoms with Gasteiger partial charge in [-0.1, -0.05) is 76.2 Å². The molecule has 0 atom stereocenters. The average molecular weight is 573 g/mol. The number of rotatable bonds is 6. The fourth-order valence-corrected chi connectivity index (χ4v) is 4.24. The molecule has 0 aliphatic rings. The van der Waals surface area contributed by atoms with E-state index in [1.54, 1.807) is 48.5 Å². The molecule has 4 aromatic carbocycles. The van der Waals surface area contributed by atoms with Crippen LogP contribution in [0.1, 0.15) is 49.9 Å². The highest BCUT2D eigenvalue weighted by Crippen LogP contribution is 2.34. The van der Waals surface area contributed by atoms with Crippen LogP contribution in [0.3, 0.4) is 0 Å². The van der Waals surface area contributed by atoms with E-state index < -0.39 is 12.3 Å². The molecule has 8 heteroatoms. The topological polar surface area (TPSA) is 112 Å². The molecule has 2 N–H and O–H groups in total. The summed E-state index contributed by atoms with van der Waals surface area (Å²) in [6, 6.07) is 28.8. The molecule has 0 aliphatic carbocycles. The smallest absolute Gasteiger partial charge is 0.508 e. The van der Waals surface area contributed by atoms with Gasteiger partial charge >= 0.3 is 12.3 Å². The predicted molar refractivity (Wildman–Crippen MR) is 159 cm³/mol. The number of carbonyl (C=O) groups is 2. The zero-order valence-corrected chi connectivity index (χ0v) is 24.6. The quantitative estimate of drug-likeness (QED) is 0.178. The lowest BCUT2D eigenvalue weighted by molar-refractivity contribution is 0.120. The second-order valence-corrected chi connectivity index (χ2v) is 10.5. The Morgan fingerprint density at radius 3 is 0.952 bits per heavy atom. The predicted octanol–water partition coefficient (Wildman–Crippen LogP) is 7.73. The van der Waals surface area contributed by atoms with Gasteiger partial charge in [0.25, 0.3) is 0 Å². The molecule has 0 fully saturated rings. The molecule has 4 rings (SSSR count). The third-order valence-electron chi connectivity index (χ3n) is 7.07. The van der Waals surface area contributed by atoms with Gasteiger partial charge in [-0.3, -0.25) is 0 Å². The van der Waals surface area contributed by atoms with Crippen LogP contribution in [0.25, 0.3) is 0 Å². The summed E-state index contributed by atoms with van der Waals surface area (Å²) >= 11 is 0. The lowest BCUT2D eigenvalue weighted by Crippen LogP contribution is -2.18. The van der Waals surface area contributed by atoms with Gasteiger partial charge in [-0.25, -0.2) is 9.59 Å². The number of phenolic OH excluding ortho intramolecular Hbond substituents is 2. The first-order valence-electron chi connectivity index (χ1n) is 13.2. The molecule has 0 saturated heterocycles. The molecule has 0 aromatic heterocycles. The number of benzene rings is 4. The van der Waals surface area contributed by atoms with Crippen LogP contribution in [0.15, 0.2) is 97.1 Å². The molecule has 0 unspecified atom stereocenters. The van der Waals surface area contributed by atoms with E-state index in [1.165, 1.54) is 14.2 Å². The Labute approximate surface area is 246 Å². The average Bonchev–Trinajstić information content (AvgIpc) is 2.98. The number of phenols is 2. The molecule has 0 aliphatic heterocycles. The van der Waals surface area contributed by atoms with Crippen molar-refractivity contribution in [1.29, 1.82) is 0 Å². The van der Waals surface area contributed by atoms with Gasteiger partial charge < -0.3 is 29.2 Å². The van der Waals surface area contributed by atoms with Gasteiger partial charge in [-0.2, -0.15) is 0 Å². The Balaban J connectivity index is 0.000000230. The number of hydrogen-bond donors (Lipinski definition) is 2. The molecular formula is C34H36O8. The molecule has 0 bridgehead atoms. The fourth-order valence-electron chi connectivity index (χ4n) is 4.24. The van der Waals surface area contributed by atoms with Gasteiger partial charge in [-0.15, -0.1) is 0 Å². The monoisotopic (exact) mass is 572 g/mol.